The summed E-state index contributed by atoms with van der Waals surface area (Å²) in [5.41, 5.74) is 8.07. The molecule has 0 bridgehead atoms. The monoisotopic (exact) mass is 345 g/mol. The predicted molar refractivity (Wildman–Crippen MR) is 99.4 cm³/mol. The molecule has 3 N–H and O–H groups in total. The van der Waals surface area contributed by atoms with Gasteiger partial charge in [0.25, 0.3) is 5.91 Å². The van der Waals surface area contributed by atoms with E-state index in [1.165, 1.54) is 12.0 Å². The molecule has 5 heteroatoms. The van der Waals surface area contributed by atoms with Gasteiger partial charge in [0.1, 0.15) is 0 Å². The molecule has 0 unspecified atom stereocenters. The number of morpholine rings is 1. The third kappa shape index (κ3) is 5.03. The highest BCUT2D eigenvalue weighted by molar-refractivity contribution is 5.94. The second-order valence-electron chi connectivity index (χ2n) is 7.68. The van der Waals surface area contributed by atoms with Gasteiger partial charge in [0.2, 0.25) is 0 Å². The van der Waals surface area contributed by atoms with Gasteiger partial charge in [-0.2, -0.15) is 0 Å². The van der Waals surface area contributed by atoms with Gasteiger partial charge in [0.05, 0.1) is 12.2 Å². The van der Waals surface area contributed by atoms with Crippen LogP contribution in [0.3, 0.4) is 0 Å². The van der Waals surface area contributed by atoms with Gasteiger partial charge in [-0.3, -0.25) is 9.69 Å². The molecule has 0 aromatic heterocycles. The molecule has 5 nitrogen and oxygen atoms in total. The maximum absolute atomic E-state index is 12.5. The van der Waals surface area contributed by atoms with Crippen molar-refractivity contribution in [1.82, 2.24) is 10.2 Å². The van der Waals surface area contributed by atoms with Crippen LogP contribution in [0.5, 0.6) is 0 Å². The standard InChI is InChI=1S/C20H31N3O2/c1-14-11-23(12-15(2)25-14)13-16-7-9-17(10-8-16)20(24)22-19-6-4-3-5-18(19)21/h7-10,14-15,18-19H,3-6,11-13,21H2,1-2H3,(H,22,24)/t14-,15-,18+,19+/m0/s1. The molecule has 4 atom stereocenters. The van der Waals surface area contributed by atoms with Crippen LogP contribution in [0, 0.1) is 0 Å². The summed E-state index contributed by atoms with van der Waals surface area (Å²) in [6, 6.07) is 8.15. The molecule has 1 saturated carbocycles. The molecule has 0 spiro atoms. The molecule has 25 heavy (non-hydrogen) atoms. The Morgan fingerprint density at radius 2 is 1.80 bits per heavy atom. The van der Waals surface area contributed by atoms with Crippen LogP contribution in [0.1, 0.15) is 55.5 Å². The molecule has 1 heterocycles. The van der Waals surface area contributed by atoms with Gasteiger partial charge in [-0.15, -0.1) is 0 Å². The van der Waals surface area contributed by atoms with Crippen LogP contribution < -0.4 is 11.1 Å². The molecular formula is C20H31N3O2. The van der Waals surface area contributed by atoms with E-state index in [1.807, 2.05) is 12.1 Å². The Labute approximate surface area is 150 Å². The summed E-state index contributed by atoms with van der Waals surface area (Å²) in [5.74, 6) is -0.0116. The van der Waals surface area contributed by atoms with Crippen molar-refractivity contribution >= 4 is 5.91 Å². The molecule has 1 aliphatic carbocycles. The van der Waals surface area contributed by atoms with Gasteiger partial charge in [0.15, 0.2) is 0 Å². The zero-order valence-electron chi connectivity index (χ0n) is 15.4. The molecule has 2 fully saturated rings. The molecule has 138 valence electrons. The summed E-state index contributed by atoms with van der Waals surface area (Å²) < 4.78 is 5.78. The van der Waals surface area contributed by atoms with E-state index >= 15 is 0 Å². The number of hydrogen-bond acceptors (Lipinski definition) is 4. The quantitative estimate of drug-likeness (QED) is 0.879. The van der Waals surface area contributed by atoms with Gasteiger partial charge in [-0.05, 0) is 44.4 Å². The van der Waals surface area contributed by atoms with Gasteiger partial charge >= 0.3 is 0 Å². The Balaban J connectivity index is 1.55. The summed E-state index contributed by atoms with van der Waals surface area (Å²) in [6.07, 6.45) is 4.84. The number of benzene rings is 1. The minimum absolute atomic E-state index is 0.0116. The SMILES string of the molecule is C[C@H]1CN(Cc2ccc(C(=O)N[C@@H]3CCCC[C@H]3N)cc2)C[C@H](C)O1. The van der Waals surface area contributed by atoms with E-state index < -0.39 is 0 Å². The Morgan fingerprint density at radius 3 is 2.44 bits per heavy atom. The topological polar surface area (TPSA) is 67.6 Å². The van der Waals surface area contributed by atoms with Crippen molar-refractivity contribution in [3.63, 3.8) is 0 Å². The number of nitrogens with zero attached hydrogens (tertiary/aromatic N) is 1. The lowest BCUT2D eigenvalue weighted by Crippen LogP contribution is -2.49. The van der Waals surface area contributed by atoms with E-state index in [1.54, 1.807) is 0 Å². The summed E-state index contributed by atoms with van der Waals surface area (Å²) in [7, 11) is 0. The van der Waals surface area contributed by atoms with Gasteiger partial charge in [-0.1, -0.05) is 25.0 Å². The second kappa shape index (κ2) is 8.30. The molecule has 1 aromatic carbocycles. The lowest BCUT2D eigenvalue weighted by molar-refractivity contribution is -0.0704. The summed E-state index contributed by atoms with van der Waals surface area (Å²) in [5, 5.41) is 3.11. The molecule has 1 aromatic rings. The van der Waals surface area contributed by atoms with E-state index in [4.69, 9.17) is 10.5 Å². The minimum atomic E-state index is -0.0116. The first-order valence-corrected chi connectivity index (χ1v) is 9.54. The maximum Gasteiger partial charge on any atom is 0.251 e. The van der Waals surface area contributed by atoms with Crippen molar-refractivity contribution < 1.29 is 9.53 Å². The molecule has 1 amide bonds. The van der Waals surface area contributed by atoms with Crippen LogP contribution in [-0.2, 0) is 11.3 Å². The molecule has 3 rings (SSSR count). The fourth-order valence-corrected chi connectivity index (χ4v) is 4.02. The van der Waals surface area contributed by atoms with E-state index in [-0.39, 0.29) is 30.2 Å². The van der Waals surface area contributed by atoms with Crippen molar-refractivity contribution in [3.05, 3.63) is 35.4 Å². The van der Waals surface area contributed by atoms with Gasteiger partial charge in [0, 0.05) is 37.3 Å². The number of nitrogens with one attached hydrogen (secondary N) is 1. The zero-order valence-corrected chi connectivity index (χ0v) is 15.4. The van der Waals surface area contributed by atoms with Crippen LogP contribution >= 0.6 is 0 Å². The number of carbonyl (C=O) groups is 1. The number of ether oxygens (including phenoxy) is 1. The first-order valence-electron chi connectivity index (χ1n) is 9.54. The Bertz CT molecular complexity index is 565. The van der Waals surface area contributed by atoms with Crippen LogP contribution in [-0.4, -0.2) is 48.2 Å². The highest BCUT2D eigenvalue weighted by atomic mass is 16.5. The van der Waals surface area contributed by atoms with Crippen molar-refractivity contribution in [2.24, 2.45) is 5.73 Å². The second-order valence-corrected chi connectivity index (χ2v) is 7.68. The average Bonchev–Trinajstić information content (AvgIpc) is 2.56. The van der Waals surface area contributed by atoms with E-state index in [0.717, 1.165) is 38.9 Å². The molecule has 1 saturated heterocycles. The number of amides is 1. The Morgan fingerprint density at radius 1 is 1.16 bits per heavy atom. The molecule has 0 radical (unpaired) electrons. The number of hydrogen-bond donors (Lipinski definition) is 2. The predicted octanol–water partition coefficient (Wildman–Crippen LogP) is 2.30. The minimum Gasteiger partial charge on any atom is -0.373 e. The van der Waals surface area contributed by atoms with Crippen LogP contribution in [0.25, 0.3) is 0 Å². The number of nitrogens with two attached hydrogens (primary N) is 1. The Kier molecular flexibility index (Phi) is 6.10. The largest absolute Gasteiger partial charge is 0.373 e. The third-order valence-electron chi connectivity index (χ3n) is 5.25. The van der Waals surface area contributed by atoms with Crippen molar-refractivity contribution in [3.8, 4) is 0 Å². The Hall–Kier alpha value is -1.43. The maximum atomic E-state index is 12.5. The van der Waals surface area contributed by atoms with E-state index in [2.05, 4.69) is 36.2 Å². The fraction of sp³-hybridized carbons (Fsp3) is 0.650. The molecule has 1 aliphatic heterocycles. The first-order chi connectivity index (χ1) is 12.0. The molecular weight excluding hydrogens is 314 g/mol. The van der Waals surface area contributed by atoms with Crippen LogP contribution in [0.15, 0.2) is 24.3 Å². The fourth-order valence-electron chi connectivity index (χ4n) is 4.02. The summed E-state index contributed by atoms with van der Waals surface area (Å²) in [6.45, 7) is 7.03. The van der Waals surface area contributed by atoms with Gasteiger partial charge in [-0.25, -0.2) is 0 Å². The highest BCUT2D eigenvalue weighted by Gasteiger charge is 2.24. The first kappa shape index (κ1) is 18.4. The third-order valence-corrected chi connectivity index (χ3v) is 5.25. The summed E-state index contributed by atoms with van der Waals surface area (Å²) in [4.78, 5) is 14.9. The van der Waals surface area contributed by atoms with Crippen molar-refractivity contribution in [1.29, 1.82) is 0 Å². The highest BCUT2D eigenvalue weighted by Crippen LogP contribution is 2.18. The van der Waals surface area contributed by atoms with Crippen LogP contribution in [0.4, 0.5) is 0 Å². The number of rotatable bonds is 4. The normalized spacial score (nSPS) is 30.8. The average molecular weight is 345 g/mol. The number of carbonyl (C=O) groups excluding carboxylic acids is 1. The van der Waals surface area contributed by atoms with Crippen molar-refractivity contribution in [2.75, 3.05) is 13.1 Å². The lowest BCUT2D eigenvalue weighted by Gasteiger charge is -2.35. The van der Waals surface area contributed by atoms with Gasteiger partial charge < -0.3 is 15.8 Å². The molecule has 2 aliphatic rings. The van der Waals surface area contributed by atoms with Crippen LogP contribution in [0.2, 0.25) is 0 Å². The lowest BCUT2D eigenvalue weighted by atomic mass is 9.91. The van der Waals surface area contributed by atoms with E-state index in [0.29, 0.717) is 5.56 Å². The summed E-state index contributed by atoms with van der Waals surface area (Å²) >= 11 is 0. The van der Waals surface area contributed by atoms with Crippen molar-refractivity contribution in [2.45, 2.75) is 70.4 Å². The zero-order chi connectivity index (χ0) is 17.8. The van der Waals surface area contributed by atoms with E-state index in [9.17, 15) is 4.79 Å². The smallest absolute Gasteiger partial charge is 0.251 e.